The molecule has 24 heavy (non-hydrogen) atoms. The second-order valence-corrected chi connectivity index (χ2v) is 6.95. The molecule has 5 nitrogen and oxygen atoms in total. The summed E-state index contributed by atoms with van der Waals surface area (Å²) in [7, 11) is 3.86. The van der Waals surface area contributed by atoms with Gasteiger partial charge in [-0.05, 0) is 44.0 Å². The average Bonchev–Trinajstić information content (AvgIpc) is 2.64. The second-order valence-electron chi connectivity index (χ2n) is 6.95. The minimum absolute atomic E-state index is 0.299. The number of carbonyl (C=O) groups is 1. The molecule has 2 heterocycles. The van der Waals surface area contributed by atoms with Gasteiger partial charge in [-0.15, -0.1) is 0 Å². The van der Waals surface area contributed by atoms with Gasteiger partial charge in [-0.2, -0.15) is 0 Å². The monoisotopic (exact) mass is 331 g/mol. The third-order valence-electron chi connectivity index (χ3n) is 5.30. The fourth-order valence-electron chi connectivity index (χ4n) is 3.69. The summed E-state index contributed by atoms with van der Waals surface area (Å²) in [5.74, 6) is 1.18. The Balaban J connectivity index is 1.60. The van der Waals surface area contributed by atoms with Crippen LogP contribution in [0.2, 0.25) is 0 Å². The van der Waals surface area contributed by atoms with Crippen LogP contribution in [-0.2, 0) is 4.79 Å². The quantitative estimate of drug-likeness (QED) is 0.845. The number of carbonyl (C=O) groups excluding carboxylic acids is 1. The minimum atomic E-state index is 0.299. The topological polar surface area (TPSA) is 36.0 Å². The van der Waals surface area contributed by atoms with Gasteiger partial charge in [0.2, 0.25) is 5.91 Å². The first-order valence-corrected chi connectivity index (χ1v) is 9.01. The number of methoxy groups -OCH3 is 1. The third-order valence-corrected chi connectivity index (χ3v) is 5.30. The Morgan fingerprint density at radius 2 is 1.79 bits per heavy atom. The molecule has 0 aromatic heterocycles. The molecule has 132 valence electrons. The number of rotatable bonds is 4. The first kappa shape index (κ1) is 17.2. The SMILES string of the molecule is COc1ccc([C@H]2CN(CC(=O)N3CCCCC3)CCN2C)cc1. The van der Waals surface area contributed by atoms with E-state index in [1.807, 2.05) is 17.0 Å². The van der Waals surface area contributed by atoms with Crippen LogP contribution in [0.5, 0.6) is 5.75 Å². The summed E-state index contributed by atoms with van der Waals surface area (Å²) in [6.45, 7) is 5.29. The summed E-state index contributed by atoms with van der Waals surface area (Å²) in [6, 6.07) is 8.63. The predicted octanol–water partition coefficient (Wildman–Crippen LogP) is 2.00. The molecule has 0 aliphatic carbocycles. The van der Waals surface area contributed by atoms with Crippen molar-refractivity contribution in [3.63, 3.8) is 0 Å². The lowest BCUT2D eigenvalue weighted by atomic mass is 10.0. The van der Waals surface area contributed by atoms with Crippen LogP contribution in [0, 0.1) is 0 Å². The number of likely N-dealkylation sites (N-methyl/N-ethyl adjacent to an activating group) is 1. The Morgan fingerprint density at radius 3 is 2.46 bits per heavy atom. The third kappa shape index (κ3) is 4.08. The standard InChI is InChI=1S/C19H29N3O2/c1-20-12-13-21(15-19(23)22-10-4-3-5-11-22)14-18(20)16-6-8-17(24-2)9-7-16/h6-9,18H,3-5,10-15H2,1-2H3/t18-/m1/s1. The molecule has 5 heteroatoms. The zero-order valence-electron chi connectivity index (χ0n) is 14.9. The van der Waals surface area contributed by atoms with E-state index >= 15 is 0 Å². The molecule has 1 aromatic rings. The van der Waals surface area contributed by atoms with E-state index in [-0.39, 0.29) is 0 Å². The average molecular weight is 331 g/mol. The lowest BCUT2D eigenvalue weighted by Crippen LogP contribution is -2.50. The summed E-state index contributed by atoms with van der Waals surface area (Å²) in [4.78, 5) is 19.3. The van der Waals surface area contributed by atoms with Gasteiger partial charge in [0.25, 0.3) is 0 Å². The lowest BCUT2D eigenvalue weighted by Gasteiger charge is -2.40. The number of hydrogen-bond acceptors (Lipinski definition) is 4. The van der Waals surface area contributed by atoms with Crippen LogP contribution in [0.25, 0.3) is 0 Å². The number of piperidine rings is 1. The number of benzene rings is 1. The molecule has 2 aliphatic heterocycles. The Labute approximate surface area is 145 Å². The van der Waals surface area contributed by atoms with Crippen LogP contribution in [0.4, 0.5) is 0 Å². The molecule has 0 saturated carbocycles. The van der Waals surface area contributed by atoms with Gasteiger partial charge < -0.3 is 9.64 Å². The maximum absolute atomic E-state index is 12.5. The van der Waals surface area contributed by atoms with Gasteiger partial charge in [0.05, 0.1) is 13.7 Å². The number of likely N-dealkylation sites (tertiary alicyclic amines) is 1. The van der Waals surface area contributed by atoms with E-state index in [9.17, 15) is 4.79 Å². The van der Waals surface area contributed by atoms with Crippen molar-refractivity contribution in [1.82, 2.24) is 14.7 Å². The fraction of sp³-hybridized carbons (Fsp3) is 0.632. The lowest BCUT2D eigenvalue weighted by molar-refractivity contribution is -0.134. The van der Waals surface area contributed by atoms with E-state index in [0.29, 0.717) is 18.5 Å². The van der Waals surface area contributed by atoms with Crippen LogP contribution in [0.1, 0.15) is 30.9 Å². The molecule has 2 fully saturated rings. The van der Waals surface area contributed by atoms with Crippen molar-refractivity contribution in [1.29, 1.82) is 0 Å². The molecule has 0 radical (unpaired) electrons. The molecule has 1 atom stereocenters. The first-order valence-electron chi connectivity index (χ1n) is 9.01. The number of nitrogens with zero attached hydrogens (tertiary/aromatic N) is 3. The van der Waals surface area contributed by atoms with Crippen molar-refractivity contribution in [2.75, 3.05) is 53.4 Å². The summed E-state index contributed by atoms with van der Waals surface area (Å²) in [5, 5.41) is 0. The highest BCUT2D eigenvalue weighted by molar-refractivity contribution is 5.78. The maximum Gasteiger partial charge on any atom is 0.236 e. The van der Waals surface area contributed by atoms with Gasteiger partial charge in [-0.1, -0.05) is 12.1 Å². The highest BCUT2D eigenvalue weighted by Gasteiger charge is 2.28. The molecule has 1 aromatic carbocycles. The summed E-state index contributed by atoms with van der Waals surface area (Å²) < 4.78 is 5.25. The van der Waals surface area contributed by atoms with E-state index < -0.39 is 0 Å². The molecular weight excluding hydrogens is 302 g/mol. The molecule has 2 saturated heterocycles. The maximum atomic E-state index is 12.5. The number of piperazine rings is 1. The smallest absolute Gasteiger partial charge is 0.236 e. The Hall–Kier alpha value is -1.59. The van der Waals surface area contributed by atoms with Crippen LogP contribution in [0.3, 0.4) is 0 Å². The zero-order valence-corrected chi connectivity index (χ0v) is 14.9. The summed E-state index contributed by atoms with van der Waals surface area (Å²) in [6.07, 6.45) is 3.57. The normalized spacial score (nSPS) is 23.2. The predicted molar refractivity (Wildman–Crippen MR) is 95.2 cm³/mol. The molecule has 0 spiro atoms. The first-order chi connectivity index (χ1) is 11.7. The Kier molecular flexibility index (Phi) is 5.74. The molecule has 0 N–H and O–H groups in total. The summed E-state index contributed by atoms with van der Waals surface area (Å²) >= 11 is 0. The van der Waals surface area contributed by atoms with Crippen LogP contribution in [-0.4, -0.2) is 74.0 Å². The number of ether oxygens (including phenoxy) is 1. The molecule has 0 unspecified atom stereocenters. The fourth-order valence-corrected chi connectivity index (χ4v) is 3.69. The van der Waals surface area contributed by atoms with Crippen molar-refractivity contribution in [3.05, 3.63) is 29.8 Å². The van der Waals surface area contributed by atoms with Crippen molar-refractivity contribution in [2.45, 2.75) is 25.3 Å². The Bertz CT molecular complexity index is 540. The molecule has 0 bridgehead atoms. The van der Waals surface area contributed by atoms with Gasteiger partial charge in [-0.3, -0.25) is 14.6 Å². The van der Waals surface area contributed by atoms with Crippen molar-refractivity contribution >= 4 is 5.91 Å². The molecule has 1 amide bonds. The van der Waals surface area contributed by atoms with Crippen LogP contribution >= 0.6 is 0 Å². The van der Waals surface area contributed by atoms with E-state index in [1.54, 1.807) is 7.11 Å². The summed E-state index contributed by atoms with van der Waals surface area (Å²) in [5.41, 5.74) is 1.29. The van der Waals surface area contributed by atoms with Gasteiger partial charge in [0.1, 0.15) is 5.75 Å². The van der Waals surface area contributed by atoms with Crippen molar-refractivity contribution in [3.8, 4) is 5.75 Å². The van der Waals surface area contributed by atoms with Gasteiger partial charge in [0.15, 0.2) is 0 Å². The van der Waals surface area contributed by atoms with E-state index in [2.05, 4.69) is 29.0 Å². The highest BCUT2D eigenvalue weighted by Crippen LogP contribution is 2.25. The van der Waals surface area contributed by atoms with Gasteiger partial charge in [-0.25, -0.2) is 0 Å². The van der Waals surface area contributed by atoms with Crippen LogP contribution < -0.4 is 4.74 Å². The van der Waals surface area contributed by atoms with Crippen LogP contribution in [0.15, 0.2) is 24.3 Å². The van der Waals surface area contributed by atoms with Crippen molar-refractivity contribution < 1.29 is 9.53 Å². The largest absolute Gasteiger partial charge is 0.497 e. The van der Waals surface area contributed by atoms with Gasteiger partial charge >= 0.3 is 0 Å². The minimum Gasteiger partial charge on any atom is -0.497 e. The van der Waals surface area contributed by atoms with E-state index in [0.717, 1.165) is 51.3 Å². The second kappa shape index (κ2) is 7.99. The zero-order chi connectivity index (χ0) is 16.9. The van der Waals surface area contributed by atoms with E-state index in [1.165, 1.54) is 12.0 Å². The van der Waals surface area contributed by atoms with Crippen molar-refractivity contribution in [2.24, 2.45) is 0 Å². The molecule has 2 aliphatic rings. The highest BCUT2D eigenvalue weighted by atomic mass is 16.5. The van der Waals surface area contributed by atoms with Gasteiger partial charge in [0, 0.05) is 38.8 Å². The Morgan fingerprint density at radius 1 is 1.08 bits per heavy atom. The van der Waals surface area contributed by atoms with E-state index in [4.69, 9.17) is 4.74 Å². The number of hydrogen-bond donors (Lipinski definition) is 0. The number of amides is 1. The molecule has 3 rings (SSSR count). The molecular formula is C19H29N3O2.